The van der Waals surface area contributed by atoms with E-state index < -0.39 is 5.60 Å². The molecule has 1 aromatic rings. The normalized spacial score (nSPS) is 12.0. The molecule has 0 radical (unpaired) electrons. The van der Waals surface area contributed by atoms with Gasteiger partial charge < -0.3 is 5.11 Å². The highest BCUT2D eigenvalue weighted by molar-refractivity contribution is 5.01. The van der Waals surface area contributed by atoms with Gasteiger partial charge in [-0.15, -0.1) is 0 Å². The molecule has 4 heteroatoms. The van der Waals surface area contributed by atoms with Crippen molar-refractivity contribution in [3.05, 3.63) is 11.9 Å². The zero-order valence-corrected chi connectivity index (χ0v) is 6.37. The van der Waals surface area contributed by atoms with Crippen LogP contribution in [0.3, 0.4) is 0 Å². The predicted octanol–water partition coefficient (Wildman–Crippen LogP) is 0.0425. The molecule has 0 aliphatic rings. The van der Waals surface area contributed by atoms with Crippen LogP contribution in [0.5, 0.6) is 0 Å². The Morgan fingerprint density at radius 1 is 1.60 bits per heavy atom. The highest BCUT2D eigenvalue weighted by Gasteiger charge is 2.18. The van der Waals surface area contributed by atoms with E-state index in [9.17, 15) is 5.11 Å². The first-order valence-electron chi connectivity index (χ1n) is 3.09. The molecule has 1 aromatic heterocycles. The summed E-state index contributed by atoms with van der Waals surface area (Å²) in [5.74, 6) is 0. The minimum atomic E-state index is -0.881. The Labute approximate surface area is 59.5 Å². The van der Waals surface area contributed by atoms with Crippen LogP contribution in [-0.2, 0) is 12.6 Å². The van der Waals surface area contributed by atoms with Crippen molar-refractivity contribution in [2.45, 2.75) is 19.4 Å². The van der Waals surface area contributed by atoms with E-state index in [1.165, 1.54) is 4.80 Å². The van der Waals surface area contributed by atoms with Crippen molar-refractivity contribution in [2.75, 3.05) is 0 Å². The number of aromatic nitrogens is 3. The smallest absolute Gasteiger partial charge is 0.114 e. The molecule has 0 fully saturated rings. The lowest BCUT2D eigenvalue weighted by atomic mass is 10.1. The van der Waals surface area contributed by atoms with Crippen LogP contribution in [0.1, 0.15) is 19.5 Å². The quantitative estimate of drug-likeness (QED) is 0.601. The number of aliphatic hydroxyl groups is 1. The van der Waals surface area contributed by atoms with Crippen LogP contribution in [0, 0.1) is 0 Å². The summed E-state index contributed by atoms with van der Waals surface area (Å²) in [5, 5.41) is 17.2. The SMILES string of the molecule is Cn1ncc(C(C)(C)O)n1. The van der Waals surface area contributed by atoms with Crippen molar-refractivity contribution in [3.63, 3.8) is 0 Å². The molecule has 0 spiro atoms. The maximum atomic E-state index is 9.39. The Bertz CT molecular complexity index is 223. The Kier molecular flexibility index (Phi) is 1.48. The third-order valence-corrected chi connectivity index (χ3v) is 1.23. The molecule has 1 N–H and O–H groups in total. The summed E-state index contributed by atoms with van der Waals surface area (Å²) in [7, 11) is 1.72. The topological polar surface area (TPSA) is 50.9 Å². The van der Waals surface area contributed by atoms with Crippen molar-refractivity contribution >= 4 is 0 Å². The second-order valence-electron chi connectivity index (χ2n) is 2.78. The number of rotatable bonds is 1. The van der Waals surface area contributed by atoms with Gasteiger partial charge in [-0.2, -0.15) is 15.0 Å². The zero-order valence-electron chi connectivity index (χ0n) is 6.37. The van der Waals surface area contributed by atoms with Crippen molar-refractivity contribution in [2.24, 2.45) is 7.05 Å². The minimum Gasteiger partial charge on any atom is -0.384 e. The summed E-state index contributed by atoms with van der Waals surface area (Å²) in [5.41, 5.74) is -0.288. The van der Waals surface area contributed by atoms with Crippen LogP contribution < -0.4 is 0 Å². The lowest BCUT2D eigenvalue weighted by molar-refractivity contribution is 0.0732. The van der Waals surface area contributed by atoms with Crippen LogP contribution in [0.4, 0.5) is 0 Å². The summed E-state index contributed by atoms with van der Waals surface area (Å²) < 4.78 is 0. The number of aryl methyl sites for hydroxylation is 1. The first kappa shape index (κ1) is 7.21. The highest BCUT2D eigenvalue weighted by atomic mass is 16.3. The molecule has 0 saturated heterocycles. The molecule has 0 unspecified atom stereocenters. The van der Waals surface area contributed by atoms with E-state index >= 15 is 0 Å². The average Bonchev–Trinajstić information content (AvgIpc) is 2.11. The van der Waals surface area contributed by atoms with Gasteiger partial charge in [0.25, 0.3) is 0 Å². The van der Waals surface area contributed by atoms with E-state index in [1.807, 2.05) is 0 Å². The molecule has 0 atom stereocenters. The summed E-state index contributed by atoms with van der Waals surface area (Å²) in [4.78, 5) is 1.42. The Morgan fingerprint density at radius 2 is 2.20 bits per heavy atom. The van der Waals surface area contributed by atoms with E-state index in [1.54, 1.807) is 27.1 Å². The molecule has 0 bridgehead atoms. The molecular weight excluding hydrogens is 130 g/mol. The van der Waals surface area contributed by atoms with Gasteiger partial charge in [0.05, 0.1) is 6.20 Å². The van der Waals surface area contributed by atoms with Gasteiger partial charge in [0, 0.05) is 7.05 Å². The highest BCUT2D eigenvalue weighted by Crippen LogP contribution is 2.14. The second kappa shape index (κ2) is 2.05. The fraction of sp³-hybridized carbons (Fsp3) is 0.667. The molecule has 1 heterocycles. The molecule has 56 valence electrons. The molecule has 1 rings (SSSR count). The third-order valence-electron chi connectivity index (χ3n) is 1.23. The van der Waals surface area contributed by atoms with Gasteiger partial charge in [0.1, 0.15) is 11.3 Å². The van der Waals surface area contributed by atoms with Gasteiger partial charge >= 0.3 is 0 Å². The molecule has 0 aliphatic heterocycles. The van der Waals surface area contributed by atoms with E-state index in [2.05, 4.69) is 10.2 Å². The van der Waals surface area contributed by atoms with Gasteiger partial charge in [-0.05, 0) is 13.8 Å². The van der Waals surface area contributed by atoms with Gasteiger partial charge in [-0.25, -0.2) is 0 Å². The van der Waals surface area contributed by atoms with Gasteiger partial charge in [-0.1, -0.05) is 0 Å². The van der Waals surface area contributed by atoms with Gasteiger partial charge in [0.15, 0.2) is 0 Å². The van der Waals surface area contributed by atoms with Crippen LogP contribution >= 0.6 is 0 Å². The van der Waals surface area contributed by atoms with Gasteiger partial charge in [0.2, 0.25) is 0 Å². The van der Waals surface area contributed by atoms with Crippen molar-refractivity contribution < 1.29 is 5.11 Å². The van der Waals surface area contributed by atoms with Crippen LogP contribution in [0.2, 0.25) is 0 Å². The van der Waals surface area contributed by atoms with E-state index in [-0.39, 0.29) is 0 Å². The summed E-state index contributed by atoms with van der Waals surface area (Å²) in [6, 6.07) is 0. The Hall–Kier alpha value is -0.900. The standard InChI is InChI=1S/C6H11N3O/c1-6(2,10)5-4-7-9(3)8-5/h4,10H,1-3H3. The second-order valence-corrected chi connectivity index (χ2v) is 2.78. The number of nitrogens with zero attached hydrogens (tertiary/aromatic N) is 3. The zero-order chi connectivity index (χ0) is 7.78. The van der Waals surface area contributed by atoms with E-state index in [0.717, 1.165) is 0 Å². The van der Waals surface area contributed by atoms with Crippen LogP contribution in [-0.4, -0.2) is 20.1 Å². The van der Waals surface area contributed by atoms with Crippen molar-refractivity contribution in [1.82, 2.24) is 15.0 Å². The molecule has 0 aliphatic carbocycles. The van der Waals surface area contributed by atoms with Crippen LogP contribution in [0.25, 0.3) is 0 Å². The Balaban J connectivity index is 2.96. The fourth-order valence-corrected chi connectivity index (χ4v) is 0.626. The largest absolute Gasteiger partial charge is 0.384 e. The monoisotopic (exact) mass is 141 g/mol. The molecule has 10 heavy (non-hydrogen) atoms. The summed E-state index contributed by atoms with van der Waals surface area (Å²) in [6.07, 6.45) is 1.56. The summed E-state index contributed by atoms with van der Waals surface area (Å²) in [6.45, 7) is 3.36. The Morgan fingerprint density at radius 3 is 2.40 bits per heavy atom. The van der Waals surface area contributed by atoms with Gasteiger partial charge in [-0.3, -0.25) is 0 Å². The summed E-state index contributed by atoms with van der Waals surface area (Å²) >= 11 is 0. The third kappa shape index (κ3) is 1.33. The molecule has 0 aromatic carbocycles. The molecule has 4 nitrogen and oxygen atoms in total. The van der Waals surface area contributed by atoms with Crippen molar-refractivity contribution in [1.29, 1.82) is 0 Å². The number of hydrogen-bond acceptors (Lipinski definition) is 3. The molecular formula is C6H11N3O. The number of hydrogen-bond donors (Lipinski definition) is 1. The van der Waals surface area contributed by atoms with Crippen molar-refractivity contribution in [3.8, 4) is 0 Å². The maximum absolute atomic E-state index is 9.39. The lowest BCUT2D eigenvalue weighted by Crippen LogP contribution is -2.16. The van der Waals surface area contributed by atoms with E-state index in [0.29, 0.717) is 5.69 Å². The first-order chi connectivity index (χ1) is 4.50. The fourth-order valence-electron chi connectivity index (χ4n) is 0.626. The first-order valence-corrected chi connectivity index (χ1v) is 3.09. The lowest BCUT2D eigenvalue weighted by Gasteiger charge is -2.11. The molecule has 0 amide bonds. The predicted molar refractivity (Wildman–Crippen MR) is 36.2 cm³/mol. The van der Waals surface area contributed by atoms with Crippen LogP contribution in [0.15, 0.2) is 6.20 Å². The minimum absolute atomic E-state index is 0.593. The molecule has 0 saturated carbocycles. The van der Waals surface area contributed by atoms with E-state index in [4.69, 9.17) is 0 Å². The average molecular weight is 141 g/mol. The maximum Gasteiger partial charge on any atom is 0.114 e.